The highest BCUT2D eigenvalue weighted by atomic mass is 16.5. The molecule has 0 heterocycles. The minimum absolute atomic E-state index is 0.0405. The highest BCUT2D eigenvalue weighted by Crippen LogP contribution is 2.63. The van der Waals surface area contributed by atoms with Crippen LogP contribution in [0.5, 0.6) is 0 Å². The molecule has 0 aliphatic heterocycles. The van der Waals surface area contributed by atoms with E-state index in [1.165, 1.54) is 0 Å². The molecule has 4 aliphatic carbocycles. The van der Waals surface area contributed by atoms with Crippen molar-refractivity contribution in [1.29, 1.82) is 0 Å². The van der Waals surface area contributed by atoms with Crippen LogP contribution in [0.15, 0.2) is 48.5 Å². The molecule has 0 aromatic heterocycles. The topological polar surface area (TPSA) is 105 Å². The summed E-state index contributed by atoms with van der Waals surface area (Å²) in [5.74, 6) is -0.451. The van der Waals surface area contributed by atoms with Crippen molar-refractivity contribution in [3.05, 3.63) is 59.7 Å². The molecule has 35 heavy (non-hydrogen) atoms. The summed E-state index contributed by atoms with van der Waals surface area (Å²) in [4.78, 5) is 37.4. The van der Waals surface area contributed by atoms with Crippen molar-refractivity contribution in [2.75, 3.05) is 6.61 Å². The largest absolute Gasteiger partial charge is 0.481 e. The van der Waals surface area contributed by atoms with Gasteiger partial charge in [-0.3, -0.25) is 9.59 Å². The van der Waals surface area contributed by atoms with Gasteiger partial charge in [-0.2, -0.15) is 0 Å². The van der Waals surface area contributed by atoms with Crippen molar-refractivity contribution in [1.82, 2.24) is 10.6 Å². The molecule has 0 bridgehead atoms. The minimum atomic E-state index is -0.759. The van der Waals surface area contributed by atoms with Crippen LogP contribution >= 0.6 is 0 Å². The molecular weight excluding hydrogens is 444 g/mol. The lowest BCUT2D eigenvalue weighted by atomic mass is 9.98. The standard InChI is InChI=1S/C28H30N2O5/c31-25(29-18-12-17-13-28(17,14-18)26(32)33)24(11-16-9-10-16)30-27(34)35-15-23-21-7-3-1-5-19(21)20-6-2-4-8-22(20)23/h1-8,16-18,23-24H,9-15H2,(H,29,31)(H,30,34)(H,32,33). The van der Waals surface area contributed by atoms with E-state index in [4.69, 9.17) is 4.74 Å². The highest BCUT2D eigenvalue weighted by molar-refractivity contribution is 5.86. The summed E-state index contributed by atoms with van der Waals surface area (Å²) in [5.41, 5.74) is 3.96. The first-order chi connectivity index (χ1) is 16.9. The van der Waals surface area contributed by atoms with Gasteiger partial charge in [0.05, 0.1) is 5.41 Å². The van der Waals surface area contributed by atoms with Gasteiger partial charge in [-0.25, -0.2) is 4.79 Å². The molecule has 3 fully saturated rings. The number of carboxylic acids is 1. The fraction of sp³-hybridized carbons (Fsp3) is 0.464. The van der Waals surface area contributed by atoms with Crippen LogP contribution in [0.25, 0.3) is 11.1 Å². The third-order valence-electron chi connectivity index (χ3n) is 8.40. The van der Waals surface area contributed by atoms with Gasteiger partial charge in [-0.1, -0.05) is 61.4 Å². The molecular formula is C28H30N2O5. The number of carbonyl (C=O) groups is 3. The maximum atomic E-state index is 13.1. The van der Waals surface area contributed by atoms with E-state index in [2.05, 4.69) is 34.9 Å². The van der Waals surface area contributed by atoms with Crippen LogP contribution in [0.2, 0.25) is 0 Å². The Morgan fingerprint density at radius 2 is 1.66 bits per heavy atom. The van der Waals surface area contributed by atoms with Crippen molar-refractivity contribution < 1.29 is 24.2 Å². The van der Waals surface area contributed by atoms with Gasteiger partial charge in [0.1, 0.15) is 12.6 Å². The fourth-order valence-corrected chi connectivity index (χ4v) is 6.27. The molecule has 2 aromatic rings. The molecule has 4 aliphatic rings. The first-order valence-corrected chi connectivity index (χ1v) is 12.6. The molecule has 182 valence electrons. The average molecular weight is 475 g/mol. The molecule has 0 radical (unpaired) electrons. The molecule has 6 rings (SSSR count). The predicted octanol–water partition coefficient (Wildman–Crippen LogP) is 4.06. The molecule has 2 aromatic carbocycles. The van der Waals surface area contributed by atoms with E-state index in [-0.39, 0.29) is 30.4 Å². The Morgan fingerprint density at radius 3 is 2.26 bits per heavy atom. The van der Waals surface area contributed by atoms with Crippen molar-refractivity contribution in [2.45, 2.75) is 56.5 Å². The van der Waals surface area contributed by atoms with Gasteiger partial charge in [0.2, 0.25) is 5.91 Å². The third kappa shape index (κ3) is 4.07. The van der Waals surface area contributed by atoms with Gasteiger partial charge >= 0.3 is 12.1 Å². The quantitative estimate of drug-likeness (QED) is 0.535. The van der Waals surface area contributed by atoms with Gasteiger partial charge in [-0.05, 0) is 59.8 Å². The average Bonchev–Trinajstić information content (AvgIpc) is 3.74. The summed E-state index contributed by atoms with van der Waals surface area (Å²) in [5, 5.41) is 15.3. The van der Waals surface area contributed by atoms with Gasteiger partial charge in [0.25, 0.3) is 0 Å². The number of rotatable bonds is 8. The zero-order valence-electron chi connectivity index (χ0n) is 19.5. The van der Waals surface area contributed by atoms with Gasteiger partial charge < -0.3 is 20.5 Å². The number of fused-ring (bicyclic) bond motifs is 4. The SMILES string of the molecule is O=C(NC(CC1CC1)C(=O)NC1CC2CC2(C(=O)O)C1)OCC1c2ccccc2-c2ccccc21. The van der Waals surface area contributed by atoms with Crippen LogP contribution in [-0.4, -0.2) is 41.8 Å². The minimum Gasteiger partial charge on any atom is -0.481 e. The maximum absolute atomic E-state index is 13.1. The van der Waals surface area contributed by atoms with E-state index in [1.807, 2.05) is 24.3 Å². The van der Waals surface area contributed by atoms with Gasteiger partial charge in [0, 0.05) is 12.0 Å². The summed E-state index contributed by atoms with van der Waals surface area (Å²) in [7, 11) is 0. The van der Waals surface area contributed by atoms with E-state index in [9.17, 15) is 19.5 Å². The molecule has 3 saturated carbocycles. The van der Waals surface area contributed by atoms with Crippen molar-refractivity contribution in [3.63, 3.8) is 0 Å². The molecule has 7 nitrogen and oxygen atoms in total. The van der Waals surface area contributed by atoms with Crippen LogP contribution in [-0.2, 0) is 14.3 Å². The Balaban J connectivity index is 1.08. The van der Waals surface area contributed by atoms with E-state index in [1.54, 1.807) is 0 Å². The molecule has 0 saturated heterocycles. The van der Waals surface area contributed by atoms with E-state index < -0.39 is 23.5 Å². The summed E-state index contributed by atoms with van der Waals surface area (Å²) >= 11 is 0. The van der Waals surface area contributed by atoms with E-state index in [0.717, 1.165) is 35.1 Å². The lowest BCUT2D eigenvalue weighted by molar-refractivity contribution is -0.143. The van der Waals surface area contributed by atoms with Crippen molar-refractivity contribution >= 4 is 18.0 Å². The third-order valence-corrected chi connectivity index (χ3v) is 8.40. The monoisotopic (exact) mass is 474 g/mol. The van der Waals surface area contributed by atoms with Crippen LogP contribution in [0.1, 0.15) is 55.6 Å². The molecule has 0 spiro atoms. The number of hydrogen-bond donors (Lipinski definition) is 3. The molecule has 2 amide bonds. The van der Waals surface area contributed by atoms with Gasteiger partial charge in [-0.15, -0.1) is 0 Å². The Hall–Kier alpha value is -3.35. The maximum Gasteiger partial charge on any atom is 0.407 e. The Kier molecular flexibility index (Phi) is 5.31. The van der Waals surface area contributed by atoms with Crippen molar-refractivity contribution in [3.8, 4) is 11.1 Å². The normalized spacial score (nSPS) is 26.7. The number of nitrogens with one attached hydrogen (secondary N) is 2. The highest BCUT2D eigenvalue weighted by Gasteiger charge is 2.65. The zero-order chi connectivity index (χ0) is 24.2. The van der Waals surface area contributed by atoms with Crippen molar-refractivity contribution in [2.24, 2.45) is 17.3 Å². The van der Waals surface area contributed by atoms with Crippen LogP contribution in [0.3, 0.4) is 0 Å². The summed E-state index contributed by atoms with van der Waals surface area (Å²) in [6.07, 6.45) is 3.98. The second-order valence-corrected chi connectivity index (χ2v) is 10.7. The first kappa shape index (κ1) is 22.1. The smallest absolute Gasteiger partial charge is 0.407 e. The van der Waals surface area contributed by atoms with Crippen LogP contribution in [0.4, 0.5) is 4.79 Å². The summed E-state index contributed by atoms with van der Waals surface area (Å²) in [6.45, 7) is 0.197. The Morgan fingerprint density at radius 1 is 1.00 bits per heavy atom. The number of carboxylic acid groups (broad SMARTS) is 1. The number of hydrogen-bond acceptors (Lipinski definition) is 4. The van der Waals surface area contributed by atoms with E-state index in [0.29, 0.717) is 31.6 Å². The zero-order valence-corrected chi connectivity index (χ0v) is 19.5. The van der Waals surface area contributed by atoms with Crippen LogP contribution in [0, 0.1) is 17.3 Å². The second-order valence-electron chi connectivity index (χ2n) is 10.7. The predicted molar refractivity (Wildman–Crippen MR) is 129 cm³/mol. The molecule has 4 unspecified atom stereocenters. The van der Waals surface area contributed by atoms with Gasteiger partial charge in [0.15, 0.2) is 0 Å². The molecule has 3 N–H and O–H groups in total. The number of ether oxygens (including phenoxy) is 1. The van der Waals surface area contributed by atoms with E-state index >= 15 is 0 Å². The molecule has 7 heteroatoms. The Bertz CT molecular complexity index is 1150. The number of alkyl carbamates (subject to hydrolysis) is 1. The lowest BCUT2D eigenvalue weighted by Gasteiger charge is -2.23. The number of amides is 2. The molecule has 4 atom stereocenters. The number of benzene rings is 2. The van der Waals surface area contributed by atoms with Crippen LogP contribution < -0.4 is 10.6 Å². The second kappa shape index (κ2) is 8.40. The number of aliphatic carboxylic acids is 1. The summed E-state index contributed by atoms with van der Waals surface area (Å²) < 4.78 is 5.66. The fourth-order valence-electron chi connectivity index (χ4n) is 6.27. The lowest BCUT2D eigenvalue weighted by Crippen LogP contribution is -2.50. The summed E-state index contributed by atoms with van der Waals surface area (Å²) in [6, 6.07) is 15.5. The Labute approximate surface area is 204 Å². The first-order valence-electron chi connectivity index (χ1n) is 12.6. The number of carbonyl (C=O) groups excluding carboxylic acids is 2.